The molecule has 1 aromatic rings. The highest BCUT2D eigenvalue weighted by atomic mass is 16.3. The predicted molar refractivity (Wildman–Crippen MR) is 88.7 cm³/mol. The first-order valence-corrected chi connectivity index (χ1v) is 8.31. The van der Waals surface area contributed by atoms with Crippen LogP contribution in [0.15, 0.2) is 30.3 Å². The lowest BCUT2D eigenvalue weighted by molar-refractivity contribution is -0.138. The summed E-state index contributed by atoms with van der Waals surface area (Å²) in [5, 5.41) is 13.3. The smallest absolute Gasteiger partial charge is 0.242 e. The van der Waals surface area contributed by atoms with E-state index in [0.717, 1.165) is 18.4 Å². The van der Waals surface area contributed by atoms with Crippen LogP contribution in [0.3, 0.4) is 0 Å². The molecular formula is C18H26N2O3. The van der Waals surface area contributed by atoms with Gasteiger partial charge in [-0.15, -0.1) is 0 Å². The minimum Gasteiger partial charge on any atom is -0.384 e. The Bertz CT molecular complexity index is 542. The van der Waals surface area contributed by atoms with Gasteiger partial charge in [-0.2, -0.15) is 0 Å². The molecular weight excluding hydrogens is 292 g/mol. The van der Waals surface area contributed by atoms with Crippen molar-refractivity contribution < 1.29 is 14.7 Å². The Kier molecular flexibility index (Phi) is 5.77. The van der Waals surface area contributed by atoms with E-state index >= 15 is 0 Å². The SMILES string of the molecule is CCCC(=O)N1CCCC1C(=O)NCC(C)(O)c1ccccc1. The average Bonchev–Trinajstić information content (AvgIpc) is 3.03. The van der Waals surface area contributed by atoms with Gasteiger partial charge in [0.05, 0.1) is 6.54 Å². The van der Waals surface area contributed by atoms with Gasteiger partial charge in [0.15, 0.2) is 0 Å². The molecule has 0 radical (unpaired) electrons. The van der Waals surface area contributed by atoms with Crippen LogP contribution in [0.2, 0.25) is 0 Å². The lowest BCUT2D eigenvalue weighted by Crippen LogP contribution is -2.49. The summed E-state index contributed by atoms with van der Waals surface area (Å²) >= 11 is 0. The zero-order valence-electron chi connectivity index (χ0n) is 13.9. The van der Waals surface area contributed by atoms with E-state index < -0.39 is 11.6 Å². The van der Waals surface area contributed by atoms with Crippen LogP contribution in [-0.2, 0) is 15.2 Å². The molecule has 2 amide bonds. The number of benzene rings is 1. The van der Waals surface area contributed by atoms with Gasteiger partial charge in [0.1, 0.15) is 11.6 Å². The predicted octanol–water partition coefficient (Wildman–Crippen LogP) is 1.80. The third-order valence-electron chi connectivity index (χ3n) is 4.34. The molecule has 2 N–H and O–H groups in total. The molecule has 1 saturated heterocycles. The number of nitrogens with zero attached hydrogens (tertiary/aromatic N) is 1. The Labute approximate surface area is 137 Å². The molecule has 0 spiro atoms. The highest BCUT2D eigenvalue weighted by Gasteiger charge is 2.34. The molecule has 5 nitrogen and oxygen atoms in total. The van der Waals surface area contributed by atoms with Gasteiger partial charge < -0.3 is 15.3 Å². The Balaban J connectivity index is 1.95. The average molecular weight is 318 g/mol. The van der Waals surface area contributed by atoms with E-state index in [-0.39, 0.29) is 18.4 Å². The first-order chi connectivity index (χ1) is 11.0. The number of carbonyl (C=O) groups is 2. The Morgan fingerprint density at radius 3 is 2.70 bits per heavy atom. The number of hydrogen-bond donors (Lipinski definition) is 2. The quantitative estimate of drug-likeness (QED) is 0.840. The zero-order chi connectivity index (χ0) is 16.9. The highest BCUT2D eigenvalue weighted by molar-refractivity contribution is 5.88. The van der Waals surface area contributed by atoms with Crippen molar-refractivity contribution in [3.05, 3.63) is 35.9 Å². The van der Waals surface area contributed by atoms with E-state index in [1.54, 1.807) is 11.8 Å². The monoisotopic (exact) mass is 318 g/mol. The molecule has 2 unspecified atom stereocenters. The molecule has 2 atom stereocenters. The molecule has 0 aliphatic carbocycles. The summed E-state index contributed by atoms with van der Waals surface area (Å²) in [6, 6.07) is 8.85. The fraction of sp³-hybridized carbons (Fsp3) is 0.556. The van der Waals surface area contributed by atoms with Crippen LogP contribution in [-0.4, -0.2) is 41.0 Å². The third kappa shape index (κ3) is 4.32. The van der Waals surface area contributed by atoms with E-state index in [1.165, 1.54) is 0 Å². The summed E-state index contributed by atoms with van der Waals surface area (Å²) in [6.07, 6.45) is 2.80. The maximum absolute atomic E-state index is 12.4. The molecule has 0 aromatic heterocycles. The summed E-state index contributed by atoms with van der Waals surface area (Å²) in [4.78, 5) is 26.2. The standard InChI is InChI=1S/C18H26N2O3/c1-3-8-16(21)20-12-7-11-15(20)17(22)19-13-18(2,23)14-9-5-4-6-10-14/h4-6,9-10,15,23H,3,7-8,11-13H2,1-2H3,(H,19,22). The second-order valence-electron chi connectivity index (χ2n) is 6.35. The van der Waals surface area contributed by atoms with Crippen molar-refractivity contribution in [2.45, 2.75) is 51.2 Å². The van der Waals surface area contributed by atoms with Gasteiger partial charge in [0, 0.05) is 13.0 Å². The first kappa shape index (κ1) is 17.5. The van der Waals surface area contributed by atoms with E-state index in [9.17, 15) is 14.7 Å². The van der Waals surface area contributed by atoms with Crippen LogP contribution in [0.25, 0.3) is 0 Å². The molecule has 1 fully saturated rings. The molecule has 5 heteroatoms. The summed E-state index contributed by atoms with van der Waals surface area (Å²) in [5.41, 5.74) is -0.376. The van der Waals surface area contributed by atoms with Crippen molar-refractivity contribution in [2.75, 3.05) is 13.1 Å². The van der Waals surface area contributed by atoms with Gasteiger partial charge in [-0.3, -0.25) is 9.59 Å². The first-order valence-electron chi connectivity index (χ1n) is 8.31. The number of amides is 2. The van der Waals surface area contributed by atoms with E-state index in [0.29, 0.717) is 19.4 Å². The van der Waals surface area contributed by atoms with E-state index in [1.807, 2.05) is 37.3 Å². The summed E-state index contributed by atoms with van der Waals surface area (Å²) < 4.78 is 0. The van der Waals surface area contributed by atoms with Crippen molar-refractivity contribution in [1.29, 1.82) is 0 Å². The van der Waals surface area contributed by atoms with Crippen LogP contribution in [0, 0.1) is 0 Å². The van der Waals surface area contributed by atoms with Crippen LogP contribution in [0.4, 0.5) is 0 Å². The normalized spacial score (nSPS) is 20.1. The Morgan fingerprint density at radius 2 is 2.04 bits per heavy atom. The molecule has 1 aliphatic heterocycles. The fourth-order valence-electron chi connectivity index (χ4n) is 2.97. The van der Waals surface area contributed by atoms with Crippen molar-refractivity contribution in [2.24, 2.45) is 0 Å². The lowest BCUT2D eigenvalue weighted by Gasteiger charge is -2.27. The molecule has 1 aromatic carbocycles. The van der Waals surface area contributed by atoms with Crippen LogP contribution in [0.1, 0.15) is 45.1 Å². The maximum atomic E-state index is 12.4. The Hall–Kier alpha value is -1.88. The van der Waals surface area contributed by atoms with Crippen molar-refractivity contribution >= 4 is 11.8 Å². The van der Waals surface area contributed by atoms with E-state index in [4.69, 9.17) is 0 Å². The topological polar surface area (TPSA) is 69.6 Å². The van der Waals surface area contributed by atoms with Gasteiger partial charge in [-0.25, -0.2) is 0 Å². The number of hydrogen-bond acceptors (Lipinski definition) is 3. The molecule has 2 rings (SSSR count). The minimum atomic E-state index is -1.13. The molecule has 1 aliphatic rings. The van der Waals surface area contributed by atoms with Gasteiger partial charge in [-0.05, 0) is 31.7 Å². The van der Waals surface area contributed by atoms with Gasteiger partial charge in [0.2, 0.25) is 11.8 Å². The second kappa shape index (κ2) is 7.59. The van der Waals surface area contributed by atoms with Crippen LogP contribution >= 0.6 is 0 Å². The number of nitrogens with one attached hydrogen (secondary N) is 1. The number of carbonyl (C=O) groups excluding carboxylic acids is 2. The third-order valence-corrected chi connectivity index (χ3v) is 4.34. The second-order valence-corrected chi connectivity index (χ2v) is 6.35. The van der Waals surface area contributed by atoms with Crippen molar-refractivity contribution in [3.63, 3.8) is 0 Å². The molecule has 0 saturated carbocycles. The van der Waals surface area contributed by atoms with Crippen LogP contribution < -0.4 is 5.32 Å². The molecule has 23 heavy (non-hydrogen) atoms. The highest BCUT2D eigenvalue weighted by Crippen LogP contribution is 2.21. The van der Waals surface area contributed by atoms with Crippen molar-refractivity contribution in [1.82, 2.24) is 10.2 Å². The number of aliphatic hydroxyl groups is 1. The van der Waals surface area contributed by atoms with Gasteiger partial charge in [-0.1, -0.05) is 37.3 Å². The van der Waals surface area contributed by atoms with Gasteiger partial charge >= 0.3 is 0 Å². The van der Waals surface area contributed by atoms with Gasteiger partial charge in [0.25, 0.3) is 0 Å². The maximum Gasteiger partial charge on any atom is 0.242 e. The van der Waals surface area contributed by atoms with Crippen molar-refractivity contribution in [3.8, 4) is 0 Å². The summed E-state index contributed by atoms with van der Waals surface area (Å²) in [5.74, 6) is -0.136. The largest absolute Gasteiger partial charge is 0.384 e. The number of rotatable bonds is 6. The van der Waals surface area contributed by atoms with Crippen LogP contribution in [0.5, 0.6) is 0 Å². The molecule has 126 valence electrons. The zero-order valence-corrected chi connectivity index (χ0v) is 13.9. The number of likely N-dealkylation sites (tertiary alicyclic amines) is 1. The molecule has 1 heterocycles. The van der Waals surface area contributed by atoms with E-state index in [2.05, 4.69) is 5.32 Å². The summed E-state index contributed by atoms with van der Waals surface area (Å²) in [7, 11) is 0. The lowest BCUT2D eigenvalue weighted by atomic mass is 9.96. The summed E-state index contributed by atoms with van der Waals surface area (Å²) in [6.45, 7) is 4.41. The Morgan fingerprint density at radius 1 is 1.35 bits per heavy atom. The fourth-order valence-corrected chi connectivity index (χ4v) is 2.97. The minimum absolute atomic E-state index is 0.0416. The molecule has 0 bridgehead atoms.